The minimum absolute atomic E-state index is 0.0487. The molecule has 1 aliphatic carbocycles. The molecule has 2 rings (SSSR count). The summed E-state index contributed by atoms with van der Waals surface area (Å²) >= 11 is 0. The summed E-state index contributed by atoms with van der Waals surface area (Å²) in [5.74, 6) is 0.419. The van der Waals surface area contributed by atoms with Crippen LogP contribution in [0.3, 0.4) is 0 Å². The smallest absolute Gasteiger partial charge is 0.306 e. The summed E-state index contributed by atoms with van der Waals surface area (Å²) in [4.78, 5) is 11.4. The first kappa shape index (κ1) is 10.9. The van der Waals surface area contributed by atoms with E-state index in [9.17, 15) is 4.79 Å². The largest absolute Gasteiger partial charge is 0.466 e. The van der Waals surface area contributed by atoms with Gasteiger partial charge in [-0.25, -0.2) is 0 Å². The van der Waals surface area contributed by atoms with E-state index >= 15 is 0 Å². The Bertz CT molecular complexity index is 245. The van der Waals surface area contributed by atoms with Crippen molar-refractivity contribution in [1.82, 2.24) is 0 Å². The second-order valence-corrected chi connectivity index (χ2v) is 4.93. The summed E-state index contributed by atoms with van der Waals surface area (Å²) in [5, 5.41) is 0. The molecule has 1 heterocycles. The molecule has 15 heavy (non-hydrogen) atoms. The van der Waals surface area contributed by atoms with Gasteiger partial charge in [-0.1, -0.05) is 0 Å². The third-order valence-corrected chi connectivity index (χ3v) is 3.35. The molecule has 86 valence electrons. The van der Waals surface area contributed by atoms with Crippen molar-refractivity contribution < 1.29 is 14.3 Å². The highest BCUT2D eigenvalue weighted by Crippen LogP contribution is 2.50. The van der Waals surface area contributed by atoms with Crippen molar-refractivity contribution in [2.75, 3.05) is 6.61 Å². The monoisotopic (exact) mass is 212 g/mol. The molecule has 1 spiro atoms. The quantitative estimate of drug-likeness (QED) is 0.673. The molecule has 0 N–H and O–H groups in total. The SMILES string of the molecule is CCOC(=O)CC1C[C@@H](C)OC2(CC2)C1. The van der Waals surface area contributed by atoms with E-state index < -0.39 is 0 Å². The van der Waals surface area contributed by atoms with Crippen LogP contribution in [0.15, 0.2) is 0 Å². The molecule has 0 aromatic carbocycles. The fourth-order valence-electron chi connectivity index (χ4n) is 2.67. The molecule has 0 aromatic rings. The highest BCUT2D eigenvalue weighted by molar-refractivity contribution is 5.69. The molecule has 3 nitrogen and oxygen atoms in total. The average molecular weight is 212 g/mol. The van der Waals surface area contributed by atoms with E-state index in [0.717, 1.165) is 12.8 Å². The third-order valence-electron chi connectivity index (χ3n) is 3.35. The van der Waals surface area contributed by atoms with Crippen LogP contribution in [0, 0.1) is 5.92 Å². The number of ether oxygens (including phenoxy) is 2. The van der Waals surface area contributed by atoms with E-state index in [1.165, 1.54) is 12.8 Å². The molecule has 1 saturated carbocycles. The number of hydrogen-bond donors (Lipinski definition) is 0. The van der Waals surface area contributed by atoms with Crippen LogP contribution in [0.25, 0.3) is 0 Å². The molecule has 2 aliphatic rings. The minimum Gasteiger partial charge on any atom is -0.466 e. The molecule has 0 radical (unpaired) electrons. The summed E-state index contributed by atoms with van der Waals surface area (Å²) in [5.41, 5.74) is 0.148. The maximum absolute atomic E-state index is 11.4. The van der Waals surface area contributed by atoms with Gasteiger partial charge in [0.25, 0.3) is 0 Å². The molecular weight excluding hydrogens is 192 g/mol. The highest BCUT2D eigenvalue weighted by atomic mass is 16.5. The first-order valence-electron chi connectivity index (χ1n) is 5.97. The predicted octanol–water partition coefficient (Wildman–Crippen LogP) is 2.29. The van der Waals surface area contributed by atoms with Crippen LogP contribution in [0.2, 0.25) is 0 Å². The zero-order valence-corrected chi connectivity index (χ0v) is 9.62. The first-order valence-corrected chi connectivity index (χ1v) is 5.97. The van der Waals surface area contributed by atoms with E-state index in [2.05, 4.69) is 6.92 Å². The normalized spacial score (nSPS) is 32.7. The van der Waals surface area contributed by atoms with Crippen molar-refractivity contribution in [1.29, 1.82) is 0 Å². The van der Waals surface area contributed by atoms with Crippen LogP contribution in [0.5, 0.6) is 0 Å². The van der Waals surface area contributed by atoms with Crippen molar-refractivity contribution in [3.8, 4) is 0 Å². The Labute approximate surface area is 91.1 Å². The van der Waals surface area contributed by atoms with Gasteiger partial charge in [0.15, 0.2) is 0 Å². The Morgan fingerprint density at radius 1 is 1.53 bits per heavy atom. The van der Waals surface area contributed by atoms with E-state index in [1.54, 1.807) is 0 Å². The molecule has 0 bridgehead atoms. The second-order valence-electron chi connectivity index (χ2n) is 4.93. The van der Waals surface area contributed by atoms with E-state index in [-0.39, 0.29) is 11.6 Å². The Morgan fingerprint density at radius 2 is 2.27 bits per heavy atom. The molecule has 1 saturated heterocycles. The maximum Gasteiger partial charge on any atom is 0.306 e. The van der Waals surface area contributed by atoms with Crippen LogP contribution >= 0.6 is 0 Å². The maximum atomic E-state index is 11.4. The standard InChI is InChI=1S/C12H20O3/c1-3-14-11(13)7-10-6-9(2)15-12(8-10)4-5-12/h9-10H,3-8H2,1-2H3/t9-,10?/m1/s1. The van der Waals surface area contributed by atoms with Crippen LogP contribution in [0.4, 0.5) is 0 Å². The van der Waals surface area contributed by atoms with Crippen LogP contribution < -0.4 is 0 Å². The topological polar surface area (TPSA) is 35.5 Å². The Kier molecular flexibility index (Phi) is 3.01. The van der Waals surface area contributed by atoms with Gasteiger partial charge >= 0.3 is 5.97 Å². The van der Waals surface area contributed by atoms with E-state index in [4.69, 9.17) is 9.47 Å². The summed E-state index contributed by atoms with van der Waals surface area (Å²) in [7, 11) is 0. The van der Waals surface area contributed by atoms with Crippen LogP contribution in [0.1, 0.15) is 46.0 Å². The minimum atomic E-state index is -0.0487. The van der Waals surface area contributed by atoms with Crippen molar-refractivity contribution in [3.63, 3.8) is 0 Å². The summed E-state index contributed by atoms with van der Waals surface area (Å²) < 4.78 is 10.9. The zero-order chi connectivity index (χ0) is 10.9. The van der Waals surface area contributed by atoms with Gasteiger partial charge in [-0.05, 0) is 45.4 Å². The second kappa shape index (κ2) is 4.12. The molecule has 3 heteroatoms. The van der Waals surface area contributed by atoms with E-state index in [0.29, 0.717) is 25.0 Å². The van der Waals surface area contributed by atoms with Gasteiger partial charge in [0.1, 0.15) is 0 Å². The Morgan fingerprint density at radius 3 is 2.87 bits per heavy atom. The molecular formula is C12H20O3. The van der Waals surface area contributed by atoms with Gasteiger partial charge < -0.3 is 9.47 Å². The Hall–Kier alpha value is -0.570. The van der Waals surface area contributed by atoms with Crippen molar-refractivity contribution >= 4 is 5.97 Å². The first-order chi connectivity index (χ1) is 7.13. The molecule has 0 amide bonds. The Balaban J connectivity index is 1.84. The average Bonchev–Trinajstić information content (AvgIpc) is 2.82. The number of carbonyl (C=O) groups excluding carboxylic acids is 1. The lowest BCUT2D eigenvalue weighted by molar-refractivity contribution is -0.147. The highest BCUT2D eigenvalue weighted by Gasteiger charge is 2.49. The van der Waals surface area contributed by atoms with Crippen LogP contribution in [-0.4, -0.2) is 24.3 Å². The van der Waals surface area contributed by atoms with E-state index in [1.807, 2.05) is 6.92 Å². The fourth-order valence-corrected chi connectivity index (χ4v) is 2.67. The third kappa shape index (κ3) is 2.71. The van der Waals surface area contributed by atoms with Crippen molar-refractivity contribution in [3.05, 3.63) is 0 Å². The molecule has 0 aromatic heterocycles. The number of hydrogen-bond acceptors (Lipinski definition) is 3. The van der Waals surface area contributed by atoms with Crippen molar-refractivity contribution in [2.45, 2.75) is 57.7 Å². The van der Waals surface area contributed by atoms with Gasteiger partial charge in [0, 0.05) is 6.42 Å². The van der Waals surface area contributed by atoms with Gasteiger partial charge in [-0.3, -0.25) is 4.79 Å². The zero-order valence-electron chi connectivity index (χ0n) is 9.62. The number of rotatable bonds is 3. The summed E-state index contributed by atoms with van der Waals surface area (Å²) in [6.07, 6.45) is 5.29. The summed E-state index contributed by atoms with van der Waals surface area (Å²) in [6, 6.07) is 0. The lowest BCUT2D eigenvalue weighted by Crippen LogP contribution is -2.33. The van der Waals surface area contributed by atoms with Crippen LogP contribution in [-0.2, 0) is 14.3 Å². The lowest BCUT2D eigenvalue weighted by Gasteiger charge is -2.33. The molecule has 2 atom stereocenters. The predicted molar refractivity (Wildman–Crippen MR) is 56.5 cm³/mol. The van der Waals surface area contributed by atoms with Crippen molar-refractivity contribution in [2.24, 2.45) is 5.92 Å². The van der Waals surface area contributed by atoms with Gasteiger partial charge in [-0.2, -0.15) is 0 Å². The fraction of sp³-hybridized carbons (Fsp3) is 0.917. The van der Waals surface area contributed by atoms with Gasteiger partial charge in [0.05, 0.1) is 18.3 Å². The summed E-state index contributed by atoms with van der Waals surface area (Å²) in [6.45, 7) is 4.45. The number of esters is 1. The number of carbonyl (C=O) groups is 1. The molecule has 1 unspecified atom stereocenters. The lowest BCUT2D eigenvalue weighted by atomic mass is 9.88. The molecule has 1 aliphatic heterocycles. The molecule has 2 fully saturated rings. The van der Waals surface area contributed by atoms with Gasteiger partial charge in [-0.15, -0.1) is 0 Å². The van der Waals surface area contributed by atoms with Gasteiger partial charge in [0.2, 0.25) is 0 Å².